The molecule has 6 heteroatoms. The maximum Gasteiger partial charge on any atom is 0.422 e. The zero-order chi connectivity index (χ0) is 13.3. The number of hydrogen-bond donors (Lipinski definition) is 0. The summed E-state index contributed by atoms with van der Waals surface area (Å²) < 4.78 is 40.3. The van der Waals surface area contributed by atoms with Crippen molar-refractivity contribution in [2.75, 3.05) is 11.5 Å². The number of carbonyl (C=O) groups is 1. The van der Waals surface area contributed by atoms with Crippen LogP contribution in [-0.4, -0.2) is 24.9 Å². The molecule has 1 aliphatic heterocycles. The van der Waals surface area contributed by atoms with Crippen molar-refractivity contribution in [1.29, 1.82) is 0 Å². The van der Waals surface area contributed by atoms with Crippen molar-refractivity contribution in [2.24, 2.45) is 0 Å². The lowest BCUT2D eigenvalue weighted by Gasteiger charge is -2.22. The van der Waals surface area contributed by atoms with Gasteiger partial charge in [-0.15, -0.1) is 0 Å². The highest BCUT2D eigenvalue weighted by Crippen LogP contribution is 2.32. The van der Waals surface area contributed by atoms with E-state index in [4.69, 9.17) is 0 Å². The molecule has 0 N–H and O–H groups in total. The molecule has 1 aromatic carbocycles. The summed E-state index contributed by atoms with van der Waals surface area (Å²) in [5.74, 6) is 0. The standard InChI is InChI=1S/C12H12F3NO2/c1-8-6-9-4-2-3-5-10(9)16(8)11(17)18-7-12(13,14)15/h2-5,8H,6-7H2,1H3/t8-/m0/s1. The van der Waals surface area contributed by atoms with Crippen LogP contribution in [0, 0.1) is 0 Å². The Kier molecular flexibility index (Phi) is 3.19. The van der Waals surface area contributed by atoms with Gasteiger partial charge in [0.25, 0.3) is 0 Å². The first-order valence-corrected chi connectivity index (χ1v) is 5.49. The summed E-state index contributed by atoms with van der Waals surface area (Å²) in [4.78, 5) is 12.9. The third-order valence-electron chi connectivity index (χ3n) is 2.76. The lowest BCUT2D eigenvalue weighted by Crippen LogP contribution is -2.37. The Morgan fingerprint density at radius 1 is 1.44 bits per heavy atom. The van der Waals surface area contributed by atoms with E-state index in [1.54, 1.807) is 19.1 Å². The fourth-order valence-electron chi connectivity index (χ4n) is 2.06. The first kappa shape index (κ1) is 12.7. The van der Waals surface area contributed by atoms with Crippen LogP contribution in [0.25, 0.3) is 0 Å². The van der Waals surface area contributed by atoms with Gasteiger partial charge in [0.05, 0.1) is 5.69 Å². The van der Waals surface area contributed by atoms with E-state index < -0.39 is 18.9 Å². The van der Waals surface area contributed by atoms with Crippen molar-refractivity contribution in [2.45, 2.75) is 25.6 Å². The van der Waals surface area contributed by atoms with Gasteiger partial charge in [-0.25, -0.2) is 4.79 Å². The Morgan fingerprint density at radius 3 is 2.78 bits per heavy atom. The van der Waals surface area contributed by atoms with Gasteiger partial charge < -0.3 is 4.74 Å². The molecular formula is C12H12F3NO2. The van der Waals surface area contributed by atoms with Gasteiger partial charge in [-0.2, -0.15) is 13.2 Å². The number of para-hydroxylation sites is 1. The second-order valence-electron chi connectivity index (χ2n) is 4.22. The van der Waals surface area contributed by atoms with E-state index in [0.29, 0.717) is 12.1 Å². The highest BCUT2D eigenvalue weighted by Gasteiger charge is 2.35. The predicted octanol–water partition coefficient (Wildman–Crippen LogP) is 3.14. The Morgan fingerprint density at radius 2 is 2.11 bits per heavy atom. The molecule has 0 unspecified atom stereocenters. The number of anilines is 1. The molecule has 2 rings (SSSR count). The van der Waals surface area contributed by atoms with E-state index in [9.17, 15) is 18.0 Å². The molecule has 0 saturated carbocycles. The number of nitrogens with zero attached hydrogens (tertiary/aromatic N) is 1. The van der Waals surface area contributed by atoms with Crippen LogP contribution in [0.15, 0.2) is 24.3 Å². The molecule has 18 heavy (non-hydrogen) atoms. The lowest BCUT2D eigenvalue weighted by atomic mass is 10.1. The Hall–Kier alpha value is -1.72. The molecule has 1 heterocycles. The van der Waals surface area contributed by atoms with Gasteiger partial charge in [-0.3, -0.25) is 4.90 Å². The van der Waals surface area contributed by atoms with E-state index >= 15 is 0 Å². The second kappa shape index (κ2) is 4.51. The molecule has 1 aliphatic rings. The number of amides is 1. The second-order valence-corrected chi connectivity index (χ2v) is 4.22. The molecule has 98 valence electrons. The van der Waals surface area contributed by atoms with Gasteiger partial charge in [0, 0.05) is 6.04 Å². The van der Waals surface area contributed by atoms with Gasteiger partial charge in [-0.05, 0) is 25.0 Å². The van der Waals surface area contributed by atoms with Crippen molar-refractivity contribution in [3.63, 3.8) is 0 Å². The van der Waals surface area contributed by atoms with Crippen LogP contribution in [0.5, 0.6) is 0 Å². The number of rotatable bonds is 1. The zero-order valence-electron chi connectivity index (χ0n) is 9.70. The highest BCUT2D eigenvalue weighted by molar-refractivity contribution is 5.91. The molecule has 0 saturated heterocycles. The van der Waals surface area contributed by atoms with Crippen LogP contribution in [0.2, 0.25) is 0 Å². The Balaban J connectivity index is 2.11. The van der Waals surface area contributed by atoms with Gasteiger partial charge in [0.1, 0.15) is 0 Å². The van der Waals surface area contributed by atoms with Gasteiger partial charge in [-0.1, -0.05) is 18.2 Å². The molecule has 0 aliphatic carbocycles. The van der Waals surface area contributed by atoms with Crippen molar-refractivity contribution in [1.82, 2.24) is 0 Å². The fourth-order valence-corrected chi connectivity index (χ4v) is 2.06. The van der Waals surface area contributed by atoms with E-state index in [2.05, 4.69) is 4.74 Å². The van der Waals surface area contributed by atoms with Crippen LogP contribution in [-0.2, 0) is 11.2 Å². The first-order chi connectivity index (χ1) is 8.38. The lowest BCUT2D eigenvalue weighted by molar-refractivity contribution is -0.159. The maximum atomic E-state index is 12.0. The largest absolute Gasteiger partial charge is 0.439 e. The molecule has 0 radical (unpaired) electrons. The van der Waals surface area contributed by atoms with Crippen molar-refractivity contribution in [3.05, 3.63) is 29.8 Å². The number of halogens is 3. The molecule has 0 bridgehead atoms. The SMILES string of the molecule is C[C@H]1Cc2ccccc2N1C(=O)OCC(F)(F)F. The smallest absolute Gasteiger partial charge is 0.422 e. The summed E-state index contributed by atoms with van der Waals surface area (Å²) in [6.07, 6.45) is -4.83. The van der Waals surface area contributed by atoms with Crippen LogP contribution in [0.3, 0.4) is 0 Å². The predicted molar refractivity (Wildman–Crippen MR) is 59.5 cm³/mol. The van der Waals surface area contributed by atoms with E-state index in [-0.39, 0.29) is 6.04 Å². The summed E-state index contributed by atoms with van der Waals surface area (Å²) in [6.45, 7) is 0.214. The molecule has 3 nitrogen and oxygen atoms in total. The summed E-state index contributed by atoms with van der Waals surface area (Å²) in [5, 5.41) is 0. The topological polar surface area (TPSA) is 29.5 Å². The number of benzene rings is 1. The Bertz CT molecular complexity index is 459. The number of carbonyl (C=O) groups excluding carboxylic acids is 1. The summed E-state index contributed by atoms with van der Waals surface area (Å²) in [6, 6.07) is 6.93. The first-order valence-electron chi connectivity index (χ1n) is 5.49. The normalized spacial score (nSPS) is 18.7. The quantitative estimate of drug-likeness (QED) is 0.775. The van der Waals surface area contributed by atoms with Crippen LogP contribution < -0.4 is 4.90 Å². The van der Waals surface area contributed by atoms with Crippen LogP contribution >= 0.6 is 0 Å². The molecule has 1 atom stereocenters. The van der Waals surface area contributed by atoms with Gasteiger partial charge in [0.15, 0.2) is 6.61 Å². The minimum absolute atomic E-state index is 0.192. The van der Waals surface area contributed by atoms with Crippen LogP contribution in [0.1, 0.15) is 12.5 Å². The van der Waals surface area contributed by atoms with Crippen molar-refractivity contribution >= 4 is 11.8 Å². The molecule has 0 fully saturated rings. The third-order valence-corrected chi connectivity index (χ3v) is 2.76. The summed E-state index contributed by atoms with van der Waals surface area (Å²) in [5.41, 5.74) is 1.56. The highest BCUT2D eigenvalue weighted by atomic mass is 19.4. The van der Waals surface area contributed by atoms with E-state index in [1.165, 1.54) is 4.90 Å². The average Bonchev–Trinajstić information content (AvgIpc) is 2.61. The molecule has 0 aromatic heterocycles. The van der Waals surface area contributed by atoms with Crippen molar-refractivity contribution in [3.8, 4) is 0 Å². The maximum absolute atomic E-state index is 12.0. The van der Waals surface area contributed by atoms with Gasteiger partial charge >= 0.3 is 12.3 Å². The number of hydrogen-bond acceptors (Lipinski definition) is 2. The Labute approximate surface area is 102 Å². The summed E-state index contributed by atoms with van der Waals surface area (Å²) in [7, 11) is 0. The zero-order valence-corrected chi connectivity index (χ0v) is 9.70. The third kappa shape index (κ3) is 2.57. The molecular weight excluding hydrogens is 247 g/mol. The number of ether oxygens (including phenoxy) is 1. The van der Waals surface area contributed by atoms with E-state index in [0.717, 1.165) is 5.56 Å². The van der Waals surface area contributed by atoms with Crippen LogP contribution in [0.4, 0.5) is 23.7 Å². The van der Waals surface area contributed by atoms with E-state index in [1.807, 2.05) is 12.1 Å². The minimum Gasteiger partial charge on any atom is -0.439 e. The minimum atomic E-state index is -4.50. The van der Waals surface area contributed by atoms with Gasteiger partial charge in [0.2, 0.25) is 0 Å². The average molecular weight is 259 g/mol. The monoisotopic (exact) mass is 259 g/mol. The number of fused-ring (bicyclic) bond motifs is 1. The fraction of sp³-hybridized carbons (Fsp3) is 0.417. The summed E-state index contributed by atoms with van der Waals surface area (Å²) >= 11 is 0. The molecule has 1 aromatic rings. The number of alkyl halides is 3. The van der Waals surface area contributed by atoms with Crippen molar-refractivity contribution < 1.29 is 22.7 Å². The molecule has 1 amide bonds. The molecule has 0 spiro atoms.